The van der Waals surface area contributed by atoms with Crippen molar-refractivity contribution in [1.82, 2.24) is 14.8 Å². The van der Waals surface area contributed by atoms with Crippen molar-refractivity contribution in [2.24, 2.45) is 0 Å². The maximum absolute atomic E-state index is 11.3. The van der Waals surface area contributed by atoms with Gasteiger partial charge in [-0.3, -0.25) is 9.48 Å². The zero-order valence-corrected chi connectivity index (χ0v) is 15.6. The van der Waals surface area contributed by atoms with Crippen LogP contribution in [0.5, 0.6) is 11.6 Å². The van der Waals surface area contributed by atoms with E-state index in [9.17, 15) is 4.79 Å². The van der Waals surface area contributed by atoms with Gasteiger partial charge in [-0.15, -0.1) is 0 Å². The Morgan fingerprint density at radius 2 is 2.12 bits per heavy atom. The molecule has 0 N–H and O–H groups in total. The lowest BCUT2D eigenvalue weighted by atomic mass is 9.90. The Labute approximate surface area is 153 Å². The number of nitrogens with zero attached hydrogens (tertiary/aromatic N) is 3. The SMILES string of the molecule is COc1cc(C=O)c(OCC2=C(c3ccnn3C(C)C)CCCC2)cn1. The first-order valence-corrected chi connectivity index (χ1v) is 9.00. The van der Waals surface area contributed by atoms with Gasteiger partial charge in [-0.05, 0) is 56.7 Å². The third-order valence-corrected chi connectivity index (χ3v) is 4.66. The summed E-state index contributed by atoms with van der Waals surface area (Å²) in [7, 11) is 1.52. The van der Waals surface area contributed by atoms with Crippen molar-refractivity contribution in [2.45, 2.75) is 45.6 Å². The number of ether oxygens (including phenoxy) is 2. The predicted molar refractivity (Wildman–Crippen MR) is 99.7 cm³/mol. The molecule has 0 fully saturated rings. The fourth-order valence-electron chi connectivity index (χ4n) is 3.33. The van der Waals surface area contributed by atoms with Crippen LogP contribution in [0, 0.1) is 0 Å². The highest BCUT2D eigenvalue weighted by Gasteiger charge is 2.19. The van der Waals surface area contributed by atoms with Crippen LogP contribution in [0.3, 0.4) is 0 Å². The van der Waals surface area contributed by atoms with E-state index < -0.39 is 0 Å². The number of hydrogen-bond donors (Lipinski definition) is 0. The molecular formula is C20H25N3O3. The van der Waals surface area contributed by atoms with Crippen LogP contribution in [-0.2, 0) is 0 Å². The first kappa shape index (κ1) is 18.2. The molecule has 1 aliphatic rings. The topological polar surface area (TPSA) is 66.2 Å². The first-order chi connectivity index (χ1) is 12.6. The lowest BCUT2D eigenvalue weighted by Gasteiger charge is -2.23. The number of carbonyl (C=O) groups is 1. The second-order valence-electron chi connectivity index (χ2n) is 6.71. The van der Waals surface area contributed by atoms with Crippen molar-refractivity contribution in [3.8, 4) is 11.6 Å². The predicted octanol–water partition coefficient (Wildman–Crippen LogP) is 4.09. The summed E-state index contributed by atoms with van der Waals surface area (Å²) < 4.78 is 13.1. The van der Waals surface area contributed by atoms with Crippen LogP contribution in [0.15, 0.2) is 30.1 Å². The highest BCUT2D eigenvalue weighted by atomic mass is 16.5. The number of aromatic nitrogens is 3. The average Bonchev–Trinajstić information content (AvgIpc) is 3.16. The number of allylic oxidation sites excluding steroid dienone is 1. The molecule has 6 nitrogen and oxygen atoms in total. The van der Waals surface area contributed by atoms with Gasteiger partial charge in [-0.1, -0.05) is 0 Å². The average molecular weight is 355 g/mol. The highest BCUT2D eigenvalue weighted by Crippen LogP contribution is 2.33. The maximum atomic E-state index is 11.3. The Balaban J connectivity index is 1.86. The van der Waals surface area contributed by atoms with Gasteiger partial charge < -0.3 is 9.47 Å². The molecule has 0 spiro atoms. The summed E-state index contributed by atoms with van der Waals surface area (Å²) in [4.78, 5) is 15.5. The minimum absolute atomic E-state index is 0.309. The van der Waals surface area contributed by atoms with Crippen LogP contribution in [0.4, 0.5) is 0 Å². The van der Waals surface area contributed by atoms with E-state index in [1.54, 1.807) is 12.3 Å². The quantitative estimate of drug-likeness (QED) is 0.700. The summed E-state index contributed by atoms with van der Waals surface area (Å²) in [5, 5.41) is 4.46. The summed E-state index contributed by atoms with van der Waals surface area (Å²) in [5.74, 6) is 0.883. The van der Waals surface area contributed by atoms with Gasteiger partial charge in [0.25, 0.3) is 0 Å². The van der Waals surface area contributed by atoms with Crippen molar-refractivity contribution >= 4 is 11.9 Å². The largest absolute Gasteiger partial charge is 0.487 e. The molecule has 3 rings (SSSR count). The second kappa shape index (κ2) is 8.17. The van der Waals surface area contributed by atoms with Crippen molar-refractivity contribution in [3.05, 3.63) is 41.4 Å². The Morgan fingerprint density at radius 3 is 2.85 bits per heavy atom. The standard InChI is InChI=1S/C20H25N3O3/c1-14(2)23-18(8-9-22-23)17-7-5-4-6-15(17)13-26-19-11-21-20(25-3)10-16(19)12-24/h8-12,14H,4-7,13H2,1-3H3. The van der Waals surface area contributed by atoms with Gasteiger partial charge >= 0.3 is 0 Å². The van der Waals surface area contributed by atoms with Gasteiger partial charge in [-0.25, -0.2) is 4.98 Å². The minimum atomic E-state index is 0.309. The van der Waals surface area contributed by atoms with E-state index in [4.69, 9.17) is 9.47 Å². The monoisotopic (exact) mass is 355 g/mol. The summed E-state index contributed by atoms with van der Waals surface area (Å²) in [6, 6.07) is 3.97. The number of carbonyl (C=O) groups excluding carboxylic acids is 1. The number of aldehydes is 1. The third kappa shape index (κ3) is 3.79. The van der Waals surface area contributed by atoms with Crippen molar-refractivity contribution in [2.75, 3.05) is 13.7 Å². The molecule has 0 radical (unpaired) electrons. The molecule has 0 saturated carbocycles. The van der Waals surface area contributed by atoms with Crippen LogP contribution in [0.25, 0.3) is 5.57 Å². The van der Waals surface area contributed by atoms with E-state index in [0.717, 1.165) is 25.5 Å². The number of rotatable bonds is 7. The Hall–Kier alpha value is -2.63. The number of hydrogen-bond acceptors (Lipinski definition) is 5. The summed E-state index contributed by atoms with van der Waals surface area (Å²) in [6.07, 6.45) is 8.52. The number of pyridine rings is 1. The fourth-order valence-corrected chi connectivity index (χ4v) is 3.33. The van der Waals surface area contributed by atoms with E-state index in [1.165, 1.54) is 30.4 Å². The van der Waals surface area contributed by atoms with Crippen LogP contribution in [0.1, 0.15) is 61.6 Å². The molecule has 138 valence electrons. The van der Waals surface area contributed by atoms with Gasteiger partial charge in [0.1, 0.15) is 12.4 Å². The van der Waals surface area contributed by atoms with E-state index in [-0.39, 0.29) is 0 Å². The van der Waals surface area contributed by atoms with Gasteiger partial charge in [0.2, 0.25) is 5.88 Å². The molecule has 0 atom stereocenters. The van der Waals surface area contributed by atoms with E-state index >= 15 is 0 Å². The Morgan fingerprint density at radius 1 is 1.31 bits per heavy atom. The molecule has 0 saturated heterocycles. The molecule has 0 aliphatic heterocycles. The molecule has 26 heavy (non-hydrogen) atoms. The van der Waals surface area contributed by atoms with Gasteiger partial charge in [0.05, 0.1) is 24.6 Å². The normalized spacial score (nSPS) is 14.6. The van der Waals surface area contributed by atoms with Gasteiger partial charge in [0.15, 0.2) is 6.29 Å². The van der Waals surface area contributed by atoms with Crippen molar-refractivity contribution in [1.29, 1.82) is 0 Å². The highest BCUT2D eigenvalue weighted by molar-refractivity contribution is 5.79. The molecule has 0 aromatic carbocycles. The zero-order valence-electron chi connectivity index (χ0n) is 15.6. The molecule has 0 amide bonds. The molecule has 2 aromatic heterocycles. The molecule has 0 unspecified atom stereocenters. The van der Waals surface area contributed by atoms with Crippen LogP contribution in [-0.4, -0.2) is 34.8 Å². The van der Waals surface area contributed by atoms with E-state index in [0.29, 0.717) is 29.8 Å². The van der Waals surface area contributed by atoms with Crippen LogP contribution >= 0.6 is 0 Å². The molecule has 2 heterocycles. The van der Waals surface area contributed by atoms with Crippen molar-refractivity contribution < 1.29 is 14.3 Å². The first-order valence-electron chi connectivity index (χ1n) is 9.00. The van der Waals surface area contributed by atoms with E-state index in [1.807, 2.05) is 6.20 Å². The summed E-state index contributed by atoms with van der Waals surface area (Å²) >= 11 is 0. The van der Waals surface area contributed by atoms with Crippen molar-refractivity contribution in [3.63, 3.8) is 0 Å². The second-order valence-corrected chi connectivity index (χ2v) is 6.71. The Kier molecular flexibility index (Phi) is 5.71. The minimum Gasteiger partial charge on any atom is -0.487 e. The van der Waals surface area contributed by atoms with Crippen LogP contribution in [0.2, 0.25) is 0 Å². The fraction of sp³-hybridized carbons (Fsp3) is 0.450. The number of methoxy groups -OCH3 is 1. The third-order valence-electron chi connectivity index (χ3n) is 4.66. The molecule has 6 heteroatoms. The lowest BCUT2D eigenvalue weighted by molar-refractivity contribution is 0.111. The molecule has 2 aromatic rings. The zero-order chi connectivity index (χ0) is 18.5. The van der Waals surface area contributed by atoms with E-state index in [2.05, 4.69) is 34.7 Å². The smallest absolute Gasteiger partial charge is 0.213 e. The van der Waals surface area contributed by atoms with Gasteiger partial charge in [0, 0.05) is 18.3 Å². The molecule has 0 bridgehead atoms. The summed E-state index contributed by atoms with van der Waals surface area (Å²) in [6.45, 7) is 4.72. The Bertz CT molecular complexity index is 808. The van der Waals surface area contributed by atoms with Crippen LogP contribution < -0.4 is 9.47 Å². The van der Waals surface area contributed by atoms with Gasteiger partial charge in [-0.2, -0.15) is 5.10 Å². The summed E-state index contributed by atoms with van der Waals surface area (Å²) in [5.41, 5.74) is 4.20. The molecule has 1 aliphatic carbocycles. The maximum Gasteiger partial charge on any atom is 0.213 e. The molecular weight excluding hydrogens is 330 g/mol. The lowest BCUT2D eigenvalue weighted by Crippen LogP contribution is -2.13.